The van der Waals surface area contributed by atoms with Crippen molar-refractivity contribution in [2.24, 2.45) is 7.05 Å². The normalized spacial score (nSPS) is 10.9. The van der Waals surface area contributed by atoms with E-state index < -0.39 is 0 Å². The Hall–Kier alpha value is -1.64. The molecule has 0 saturated heterocycles. The number of hydrogen-bond acceptors (Lipinski definition) is 1. The first kappa shape index (κ1) is 9.90. The summed E-state index contributed by atoms with van der Waals surface area (Å²) in [5.74, 6) is -0.334. The van der Waals surface area contributed by atoms with Gasteiger partial charge in [-0.3, -0.25) is 4.79 Å². The molecule has 0 aliphatic carbocycles. The van der Waals surface area contributed by atoms with Crippen LogP contribution in [-0.4, -0.2) is 10.4 Å². The van der Waals surface area contributed by atoms with Crippen molar-refractivity contribution in [1.29, 1.82) is 0 Å². The molecular formula is C12H12FNO. The molecule has 15 heavy (non-hydrogen) atoms. The summed E-state index contributed by atoms with van der Waals surface area (Å²) in [6.07, 6.45) is 0. The van der Waals surface area contributed by atoms with Gasteiger partial charge in [0.05, 0.1) is 0 Å². The lowest BCUT2D eigenvalue weighted by Crippen LogP contribution is -1.96. The monoisotopic (exact) mass is 205 g/mol. The van der Waals surface area contributed by atoms with E-state index in [1.807, 2.05) is 18.5 Å². The number of aromatic nitrogens is 1. The fraction of sp³-hybridized carbons (Fsp3) is 0.250. The van der Waals surface area contributed by atoms with Gasteiger partial charge in [0.2, 0.25) is 0 Å². The third-order valence-electron chi connectivity index (χ3n) is 2.81. The Labute approximate surface area is 87.3 Å². The predicted molar refractivity (Wildman–Crippen MR) is 57.6 cm³/mol. The molecule has 2 rings (SSSR count). The van der Waals surface area contributed by atoms with Gasteiger partial charge in [-0.05, 0) is 32.0 Å². The van der Waals surface area contributed by atoms with Crippen molar-refractivity contribution in [3.05, 3.63) is 35.3 Å². The lowest BCUT2D eigenvalue weighted by Gasteiger charge is -1.97. The van der Waals surface area contributed by atoms with Crippen molar-refractivity contribution in [2.75, 3.05) is 0 Å². The van der Waals surface area contributed by atoms with Crippen LogP contribution in [0.4, 0.5) is 4.39 Å². The van der Waals surface area contributed by atoms with Gasteiger partial charge in [-0.1, -0.05) is 0 Å². The van der Waals surface area contributed by atoms with Gasteiger partial charge in [0.1, 0.15) is 5.82 Å². The standard InChI is InChI=1S/C12H12FNO/c1-7-12(8(2)15)10-6-9(13)4-5-11(10)14(7)3/h4-6H,1-3H3. The van der Waals surface area contributed by atoms with Crippen molar-refractivity contribution in [2.45, 2.75) is 13.8 Å². The smallest absolute Gasteiger partial charge is 0.162 e. The molecule has 0 aliphatic rings. The van der Waals surface area contributed by atoms with Crippen molar-refractivity contribution < 1.29 is 9.18 Å². The molecule has 1 aromatic carbocycles. The summed E-state index contributed by atoms with van der Waals surface area (Å²) in [4.78, 5) is 11.5. The molecule has 0 bridgehead atoms. The molecule has 0 radical (unpaired) electrons. The minimum Gasteiger partial charge on any atom is -0.347 e. The number of ketones is 1. The molecular weight excluding hydrogens is 193 g/mol. The number of Topliss-reactive ketones (excluding diaryl/α,β-unsaturated/α-hetero) is 1. The molecule has 1 aromatic heterocycles. The van der Waals surface area contributed by atoms with Gasteiger partial charge in [-0.25, -0.2) is 4.39 Å². The lowest BCUT2D eigenvalue weighted by atomic mass is 10.1. The summed E-state index contributed by atoms with van der Waals surface area (Å²) in [7, 11) is 1.88. The molecule has 78 valence electrons. The van der Waals surface area contributed by atoms with Gasteiger partial charge in [0, 0.05) is 29.2 Å². The molecule has 0 aliphatic heterocycles. The highest BCUT2D eigenvalue weighted by molar-refractivity contribution is 6.08. The Bertz CT molecular complexity index is 554. The fourth-order valence-electron chi connectivity index (χ4n) is 1.99. The van der Waals surface area contributed by atoms with Crippen LogP contribution in [0.2, 0.25) is 0 Å². The van der Waals surface area contributed by atoms with Crippen LogP contribution in [0.1, 0.15) is 23.0 Å². The summed E-state index contributed by atoms with van der Waals surface area (Å²) in [6, 6.07) is 4.52. The molecule has 0 spiro atoms. The number of nitrogens with zero attached hydrogens (tertiary/aromatic N) is 1. The lowest BCUT2D eigenvalue weighted by molar-refractivity contribution is 0.101. The maximum Gasteiger partial charge on any atom is 0.162 e. The Morgan fingerprint density at radius 2 is 2.07 bits per heavy atom. The van der Waals surface area contributed by atoms with Gasteiger partial charge in [-0.2, -0.15) is 0 Å². The van der Waals surface area contributed by atoms with E-state index in [1.165, 1.54) is 19.1 Å². The molecule has 1 heterocycles. The van der Waals surface area contributed by atoms with Gasteiger partial charge < -0.3 is 4.57 Å². The average Bonchev–Trinajstić information content (AvgIpc) is 2.39. The quantitative estimate of drug-likeness (QED) is 0.656. The zero-order valence-electron chi connectivity index (χ0n) is 8.97. The second-order valence-electron chi connectivity index (χ2n) is 3.74. The Morgan fingerprint density at radius 3 is 2.67 bits per heavy atom. The maximum atomic E-state index is 13.1. The van der Waals surface area contributed by atoms with Crippen molar-refractivity contribution in [3.8, 4) is 0 Å². The summed E-state index contributed by atoms with van der Waals surface area (Å²) in [5.41, 5.74) is 2.38. The first-order valence-corrected chi connectivity index (χ1v) is 4.78. The maximum absolute atomic E-state index is 13.1. The third-order valence-corrected chi connectivity index (χ3v) is 2.81. The van der Waals surface area contributed by atoms with Gasteiger partial charge in [0.25, 0.3) is 0 Å². The Kier molecular flexibility index (Phi) is 2.11. The van der Waals surface area contributed by atoms with Crippen LogP contribution in [0.15, 0.2) is 18.2 Å². The van der Waals surface area contributed by atoms with Gasteiger partial charge in [-0.15, -0.1) is 0 Å². The molecule has 2 aromatic rings. The minimum atomic E-state index is -0.310. The van der Waals surface area contributed by atoms with E-state index in [0.717, 1.165) is 11.2 Å². The first-order valence-electron chi connectivity index (χ1n) is 4.78. The number of carbonyl (C=O) groups excluding carboxylic acids is 1. The zero-order chi connectivity index (χ0) is 11.2. The van der Waals surface area contributed by atoms with Gasteiger partial charge >= 0.3 is 0 Å². The molecule has 0 amide bonds. The van der Waals surface area contributed by atoms with Gasteiger partial charge in [0.15, 0.2) is 5.78 Å². The fourth-order valence-corrected chi connectivity index (χ4v) is 1.99. The van der Waals surface area contributed by atoms with E-state index in [4.69, 9.17) is 0 Å². The van der Waals surface area contributed by atoms with E-state index in [-0.39, 0.29) is 11.6 Å². The van der Waals surface area contributed by atoms with E-state index >= 15 is 0 Å². The number of rotatable bonds is 1. The highest BCUT2D eigenvalue weighted by atomic mass is 19.1. The Morgan fingerprint density at radius 1 is 1.40 bits per heavy atom. The zero-order valence-corrected chi connectivity index (χ0v) is 8.97. The number of fused-ring (bicyclic) bond motifs is 1. The summed E-state index contributed by atoms with van der Waals surface area (Å²) in [6.45, 7) is 3.38. The molecule has 3 heteroatoms. The average molecular weight is 205 g/mol. The van der Waals surface area contributed by atoms with E-state index in [2.05, 4.69) is 0 Å². The SMILES string of the molecule is CC(=O)c1c(C)n(C)c2ccc(F)cc12. The predicted octanol–water partition coefficient (Wildman–Crippen LogP) is 2.83. The van der Waals surface area contributed by atoms with Crippen molar-refractivity contribution in [1.82, 2.24) is 4.57 Å². The molecule has 0 N–H and O–H groups in total. The van der Waals surface area contributed by atoms with Crippen LogP contribution >= 0.6 is 0 Å². The van der Waals surface area contributed by atoms with Crippen LogP contribution in [-0.2, 0) is 7.05 Å². The number of carbonyl (C=O) groups is 1. The van der Waals surface area contributed by atoms with Crippen LogP contribution in [0.5, 0.6) is 0 Å². The minimum absolute atomic E-state index is 0.0244. The van der Waals surface area contributed by atoms with Crippen molar-refractivity contribution in [3.63, 3.8) is 0 Å². The number of hydrogen-bond donors (Lipinski definition) is 0. The summed E-state index contributed by atoms with van der Waals surface area (Å²) in [5, 5.41) is 0.697. The van der Waals surface area contributed by atoms with Crippen LogP contribution < -0.4 is 0 Å². The van der Waals surface area contributed by atoms with Crippen LogP contribution in [0.25, 0.3) is 10.9 Å². The second kappa shape index (κ2) is 3.19. The molecule has 0 atom stereocenters. The number of aryl methyl sites for hydroxylation is 1. The summed E-state index contributed by atoms with van der Waals surface area (Å²) >= 11 is 0. The molecule has 0 fully saturated rings. The largest absolute Gasteiger partial charge is 0.347 e. The summed E-state index contributed by atoms with van der Waals surface area (Å²) < 4.78 is 15.0. The second-order valence-corrected chi connectivity index (χ2v) is 3.74. The molecule has 2 nitrogen and oxygen atoms in total. The molecule has 0 unspecified atom stereocenters. The number of halogens is 1. The van der Waals surface area contributed by atoms with E-state index in [1.54, 1.807) is 6.07 Å². The highest BCUT2D eigenvalue weighted by Gasteiger charge is 2.15. The number of benzene rings is 1. The van der Waals surface area contributed by atoms with Crippen LogP contribution in [0.3, 0.4) is 0 Å². The highest BCUT2D eigenvalue weighted by Crippen LogP contribution is 2.25. The van der Waals surface area contributed by atoms with E-state index in [0.29, 0.717) is 10.9 Å². The topological polar surface area (TPSA) is 22.0 Å². The molecule has 0 saturated carbocycles. The first-order chi connectivity index (χ1) is 7.02. The van der Waals surface area contributed by atoms with Crippen LogP contribution in [0, 0.1) is 12.7 Å². The van der Waals surface area contributed by atoms with E-state index in [9.17, 15) is 9.18 Å². The van der Waals surface area contributed by atoms with Crippen molar-refractivity contribution >= 4 is 16.7 Å². The Balaban J connectivity index is 2.95. The third kappa shape index (κ3) is 1.35.